The quantitative estimate of drug-likeness (QED) is 0.307. The van der Waals surface area contributed by atoms with Crippen LogP contribution in [-0.2, 0) is 7.05 Å². The third-order valence-corrected chi connectivity index (χ3v) is 5.61. The lowest BCUT2D eigenvalue weighted by Crippen LogP contribution is -2.12. The highest BCUT2D eigenvalue weighted by Crippen LogP contribution is 2.28. The predicted molar refractivity (Wildman–Crippen MR) is 183 cm³/mol. The highest BCUT2D eigenvalue weighted by molar-refractivity contribution is 5.74. The van der Waals surface area contributed by atoms with Crippen molar-refractivity contribution in [1.29, 1.82) is 0 Å². The van der Waals surface area contributed by atoms with Crippen molar-refractivity contribution in [2.45, 2.75) is 89.5 Å². The maximum Gasteiger partial charge on any atom is 0.133 e. The van der Waals surface area contributed by atoms with Crippen LogP contribution in [0.3, 0.4) is 0 Å². The number of anilines is 1. The van der Waals surface area contributed by atoms with Crippen LogP contribution in [0.25, 0.3) is 11.8 Å². The summed E-state index contributed by atoms with van der Waals surface area (Å²) in [6.45, 7) is 40.6. The van der Waals surface area contributed by atoms with Gasteiger partial charge in [-0.15, -0.1) is 0 Å². The van der Waals surface area contributed by atoms with E-state index < -0.39 is 0 Å². The van der Waals surface area contributed by atoms with E-state index in [0.29, 0.717) is 0 Å². The largest absolute Gasteiger partial charge is 0.360 e. The van der Waals surface area contributed by atoms with E-state index >= 15 is 0 Å². The average Bonchev–Trinajstić information content (AvgIpc) is 3.26. The van der Waals surface area contributed by atoms with Gasteiger partial charge in [0.2, 0.25) is 0 Å². The zero-order chi connectivity index (χ0) is 31.6. The van der Waals surface area contributed by atoms with E-state index in [1.807, 2.05) is 71.5 Å². The van der Waals surface area contributed by atoms with E-state index in [1.54, 1.807) is 0 Å². The molecule has 0 unspecified atom stereocenters. The number of allylic oxidation sites excluding steroid dienone is 5. The molecule has 0 fully saturated rings. The van der Waals surface area contributed by atoms with E-state index in [9.17, 15) is 0 Å². The van der Waals surface area contributed by atoms with Crippen molar-refractivity contribution in [2.75, 3.05) is 5.32 Å². The lowest BCUT2D eigenvalue weighted by atomic mass is 9.84. The molecule has 0 atom stereocenters. The van der Waals surface area contributed by atoms with Crippen LogP contribution >= 0.6 is 0 Å². The molecule has 222 valence electrons. The maximum absolute atomic E-state index is 4.59. The summed E-state index contributed by atoms with van der Waals surface area (Å²) in [4.78, 5) is 4.59. The van der Waals surface area contributed by atoms with Crippen molar-refractivity contribution < 1.29 is 0 Å². The number of benzene rings is 1. The molecule has 0 aliphatic rings. The topological polar surface area (TPSA) is 41.9 Å². The number of imidazole rings is 1. The molecule has 0 spiro atoms. The van der Waals surface area contributed by atoms with Gasteiger partial charge in [0, 0.05) is 30.3 Å². The lowest BCUT2D eigenvalue weighted by Gasteiger charge is -2.22. The predicted octanol–water partition coefficient (Wildman–Crippen LogP) is 10.8. The van der Waals surface area contributed by atoms with E-state index in [-0.39, 0.29) is 5.41 Å². The Kier molecular flexibility index (Phi) is 18.8. The van der Waals surface area contributed by atoms with Gasteiger partial charge in [-0.2, -0.15) is 0 Å². The summed E-state index contributed by atoms with van der Waals surface area (Å²) in [6.07, 6.45) is 9.05. The number of hydrogen-bond acceptors (Lipinski definition) is 3. The first-order valence-corrected chi connectivity index (χ1v) is 14.4. The molecule has 0 aliphatic heterocycles. The van der Waals surface area contributed by atoms with Gasteiger partial charge in [-0.1, -0.05) is 105 Å². The van der Waals surface area contributed by atoms with Crippen molar-refractivity contribution in [3.05, 3.63) is 108 Å². The van der Waals surface area contributed by atoms with Crippen molar-refractivity contribution in [2.24, 2.45) is 12.5 Å². The van der Waals surface area contributed by atoms with Gasteiger partial charge in [0.25, 0.3) is 0 Å². The normalized spacial score (nSPS) is 10.7. The van der Waals surface area contributed by atoms with E-state index in [1.165, 1.54) is 16.7 Å². The Bertz CT molecular complexity index is 1160. The van der Waals surface area contributed by atoms with Gasteiger partial charge >= 0.3 is 0 Å². The Labute approximate surface area is 247 Å². The first kappa shape index (κ1) is 38.6. The maximum atomic E-state index is 4.59. The number of hydrogen-bond donors (Lipinski definition) is 2. The fourth-order valence-corrected chi connectivity index (χ4v) is 3.42. The van der Waals surface area contributed by atoms with Gasteiger partial charge < -0.3 is 15.2 Å². The van der Waals surface area contributed by atoms with Crippen LogP contribution in [-0.4, -0.2) is 9.55 Å². The van der Waals surface area contributed by atoms with Gasteiger partial charge in [0.05, 0.1) is 5.70 Å². The number of aromatic nitrogens is 2. The Morgan fingerprint density at radius 1 is 0.975 bits per heavy atom. The van der Waals surface area contributed by atoms with Crippen LogP contribution in [0.1, 0.15) is 98.3 Å². The van der Waals surface area contributed by atoms with Gasteiger partial charge in [-0.25, -0.2) is 4.98 Å². The summed E-state index contributed by atoms with van der Waals surface area (Å²) < 4.78 is 1.97. The number of rotatable bonds is 9. The molecule has 2 aromatic rings. The Hall–Kier alpha value is -3.53. The molecule has 0 bridgehead atoms. The van der Waals surface area contributed by atoms with E-state index in [2.05, 4.69) is 108 Å². The first-order valence-electron chi connectivity index (χ1n) is 14.4. The molecule has 40 heavy (non-hydrogen) atoms. The fraction of sp³-hybridized carbons (Fsp3) is 0.417. The summed E-state index contributed by atoms with van der Waals surface area (Å²) in [7, 11) is 1.97. The van der Waals surface area contributed by atoms with Gasteiger partial charge in [-0.05, 0) is 74.9 Å². The highest BCUT2D eigenvalue weighted by Gasteiger charge is 2.15. The zero-order valence-corrected chi connectivity index (χ0v) is 28.0. The SMILES string of the molecule is C=C(C)/C=C\c1nc(C(=C)Nc2ccc(C)c(C)c2)cn1C.C=C(C)NC(=C)/C=C(\CC)C(C)(C)C.CC.CC. The van der Waals surface area contributed by atoms with Crippen LogP contribution in [0.4, 0.5) is 5.69 Å². The fourth-order valence-electron chi connectivity index (χ4n) is 3.42. The van der Waals surface area contributed by atoms with E-state index in [4.69, 9.17) is 0 Å². The number of nitrogens with one attached hydrogen (secondary N) is 2. The molecule has 4 nitrogen and oxygen atoms in total. The third-order valence-electron chi connectivity index (χ3n) is 5.61. The second kappa shape index (κ2) is 19.5. The van der Waals surface area contributed by atoms with Crippen molar-refractivity contribution in [3.8, 4) is 0 Å². The van der Waals surface area contributed by atoms with Gasteiger partial charge in [0.15, 0.2) is 0 Å². The monoisotopic (exact) mass is 546 g/mol. The molecule has 1 aromatic heterocycles. The van der Waals surface area contributed by atoms with Crippen LogP contribution in [0, 0.1) is 19.3 Å². The molecule has 0 aliphatic carbocycles. The molecule has 0 amide bonds. The Morgan fingerprint density at radius 3 is 2.00 bits per heavy atom. The van der Waals surface area contributed by atoms with Crippen molar-refractivity contribution >= 4 is 17.5 Å². The van der Waals surface area contributed by atoms with Crippen LogP contribution in [0.2, 0.25) is 0 Å². The minimum absolute atomic E-state index is 0.217. The summed E-state index contributed by atoms with van der Waals surface area (Å²) in [5.41, 5.74) is 9.64. The number of aryl methyl sites for hydroxylation is 3. The molecule has 2 rings (SSSR count). The standard InChI is InChI=1S/C19H23N3.C13H23N.2C2H6/c1-13(2)7-10-19-21-18(12-22(19)6)16(5)20-17-9-8-14(3)15(4)11-17;1-8-12(13(5,6)7)9-11(4)14-10(2)3;2*1-2/h7-12,20H,1,5H2,2-4,6H3;9,14H,2,4,8H2,1,3,5-7H3;2*1-2H3/b10-7-;12-9+;;. The second-order valence-corrected chi connectivity index (χ2v) is 10.4. The zero-order valence-electron chi connectivity index (χ0n) is 28.0. The lowest BCUT2D eigenvalue weighted by molar-refractivity contribution is 0.487. The molecule has 1 heterocycles. The van der Waals surface area contributed by atoms with E-state index in [0.717, 1.165) is 46.3 Å². The molecular formula is C36H58N4. The molecule has 0 radical (unpaired) electrons. The van der Waals surface area contributed by atoms with Crippen molar-refractivity contribution in [3.63, 3.8) is 0 Å². The smallest absolute Gasteiger partial charge is 0.133 e. The summed E-state index contributed by atoms with van der Waals surface area (Å²) in [5.74, 6) is 0.876. The first-order chi connectivity index (χ1) is 18.6. The highest BCUT2D eigenvalue weighted by atomic mass is 15.1. The van der Waals surface area contributed by atoms with Crippen LogP contribution in [0.5, 0.6) is 0 Å². The summed E-state index contributed by atoms with van der Waals surface area (Å²) in [6, 6.07) is 6.27. The Morgan fingerprint density at radius 2 is 1.55 bits per heavy atom. The average molecular weight is 547 g/mol. The summed E-state index contributed by atoms with van der Waals surface area (Å²) in [5, 5.41) is 6.43. The Balaban J connectivity index is 0. The molecule has 2 N–H and O–H groups in total. The minimum atomic E-state index is 0.217. The molecule has 4 heteroatoms. The van der Waals surface area contributed by atoms with Gasteiger partial charge in [0.1, 0.15) is 11.5 Å². The molecule has 0 saturated carbocycles. The molecule has 1 aromatic carbocycles. The van der Waals surface area contributed by atoms with Crippen LogP contribution in [0.15, 0.2) is 85.4 Å². The number of nitrogens with zero attached hydrogens (tertiary/aromatic N) is 2. The second-order valence-electron chi connectivity index (χ2n) is 10.4. The van der Waals surface area contributed by atoms with Crippen molar-refractivity contribution in [1.82, 2.24) is 14.9 Å². The molecular weight excluding hydrogens is 488 g/mol. The third kappa shape index (κ3) is 15.2. The minimum Gasteiger partial charge on any atom is -0.360 e. The van der Waals surface area contributed by atoms with Gasteiger partial charge in [-0.3, -0.25) is 0 Å². The van der Waals surface area contributed by atoms with Crippen LogP contribution < -0.4 is 10.6 Å². The summed E-state index contributed by atoms with van der Waals surface area (Å²) >= 11 is 0. The molecule has 0 saturated heterocycles.